The average molecular weight is 381 g/mol. The van der Waals surface area contributed by atoms with Crippen molar-refractivity contribution in [2.45, 2.75) is 51.7 Å². The quantitative estimate of drug-likeness (QED) is 0.784. The van der Waals surface area contributed by atoms with Gasteiger partial charge in [-0.3, -0.25) is 0 Å². The normalized spacial score (nSPS) is 19.8. The molecule has 28 heavy (non-hydrogen) atoms. The van der Waals surface area contributed by atoms with E-state index >= 15 is 0 Å². The molecule has 0 N–H and O–H groups in total. The molecule has 0 bridgehead atoms. The van der Waals surface area contributed by atoms with E-state index in [1.807, 2.05) is 31.7 Å². The first kappa shape index (κ1) is 18.7. The van der Waals surface area contributed by atoms with Gasteiger partial charge in [-0.05, 0) is 68.9 Å². The van der Waals surface area contributed by atoms with Gasteiger partial charge in [0.2, 0.25) is 0 Å². The molecule has 2 aliphatic heterocycles. The van der Waals surface area contributed by atoms with Gasteiger partial charge >= 0.3 is 6.09 Å². The van der Waals surface area contributed by atoms with Crippen molar-refractivity contribution >= 4 is 6.09 Å². The summed E-state index contributed by atoms with van der Waals surface area (Å²) in [5.41, 5.74) is 2.99. The molecule has 2 aromatic rings. The third-order valence-corrected chi connectivity index (χ3v) is 5.39. The van der Waals surface area contributed by atoms with Gasteiger partial charge in [0.1, 0.15) is 17.5 Å². The van der Waals surface area contributed by atoms with Crippen molar-refractivity contribution in [2.24, 2.45) is 5.92 Å². The summed E-state index contributed by atoms with van der Waals surface area (Å²) in [6, 6.07) is 8.29. The zero-order valence-electron chi connectivity index (χ0n) is 16.7. The minimum absolute atomic E-state index is 0.182. The molecule has 6 heteroatoms. The summed E-state index contributed by atoms with van der Waals surface area (Å²) in [6.45, 7) is 7.15. The molecule has 1 aromatic carbocycles. The lowest BCUT2D eigenvalue weighted by atomic mass is 9.89. The molecule has 3 heterocycles. The molecule has 0 spiro atoms. The highest BCUT2D eigenvalue weighted by Gasteiger charge is 2.35. The molecule has 1 fully saturated rings. The molecule has 1 unspecified atom stereocenters. The van der Waals surface area contributed by atoms with Crippen LogP contribution in [0.15, 0.2) is 36.7 Å². The number of benzene rings is 1. The standard InChI is InChI=1S/C22H27N3O3/c1-22(2,3)28-21(26)25-10-7-15(8-11-25)20-13-18-12-16(4-5-19(18)27-20)17-6-9-23-24-14-17/h4-6,9,12,14-15,20H,7-8,10-11,13H2,1-3H3. The maximum absolute atomic E-state index is 12.3. The van der Waals surface area contributed by atoms with Crippen molar-refractivity contribution in [1.29, 1.82) is 0 Å². The van der Waals surface area contributed by atoms with E-state index in [0.29, 0.717) is 5.92 Å². The first-order valence-electron chi connectivity index (χ1n) is 9.94. The van der Waals surface area contributed by atoms with Crippen LogP contribution in [0, 0.1) is 5.92 Å². The van der Waals surface area contributed by atoms with Gasteiger partial charge in [0.25, 0.3) is 0 Å². The number of carbonyl (C=O) groups is 1. The smallest absolute Gasteiger partial charge is 0.410 e. The van der Waals surface area contributed by atoms with Gasteiger partial charge in [-0.1, -0.05) is 6.07 Å². The van der Waals surface area contributed by atoms with Crippen molar-refractivity contribution in [3.05, 3.63) is 42.2 Å². The van der Waals surface area contributed by atoms with E-state index in [0.717, 1.165) is 49.2 Å². The summed E-state index contributed by atoms with van der Waals surface area (Å²) in [6.07, 6.45) is 6.26. The zero-order chi connectivity index (χ0) is 19.7. The number of hydrogen-bond acceptors (Lipinski definition) is 5. The minimum atomic E-state index is -0.452. The van der Waals surface area contributed by atoms with E-state index in [1.54, 1.807) is 12.4 Å². The molecule has 4 rings (SSSR count). The van der Waals surface area contributed by atoms with Gasteiger partial charge in [0, 0.05) is 25.1 Å². The molecule has 1 aromatic heterocycles. The molecule has 1 saturated heterocycles. The molecule has 6 nitrogen and oxygen atoms in total. The van der Waals surface area contributed by atoms with Gasteiger partial charge in [-0.15, -0.1) is 0 Å². The number of nitrogens with zero attached hydrogens (tertiary/aromatic N) is 3. The van der Waals surface area contributed by atoms with Crippen LogP contribution in [0.5, 0.6) is 5.75 Å². The van der Waals surface area contributed by atoms with Crippen LogP contribution in [0.25, 0.3) is 11.1 Å². The first-order valence-corrected chi connectivity index (χ1v) is 9.94. The first-order chi connectivity index (χ1) is 13.4. The Balaban J connectivity index is 1.36. The largest absolute Gasteiger partial charge is 0.490 e. The fraction of sp³-hybridized carbons (Fsp3) is 0.500. The molecular formula is C22H27N3O3. The third-order valence-electron chi connectivity index (χ3n) is 5.39. The predicted octanol–water partition coefficient (Wildman–Crippen LogP) is 4.09. The Kier molecular flexibility index (Phi) is 4.96. The molecule has 2 aliphatic rings. The van der Waals surface area contributed by atoms with Gasteiger partial charge in [0.15, 0.2) is 0 Å². The second-order valence-corrected chi connectivity index (χ2v) is 8.62. The van der Waals surface area contributed by atoms with E-state index in [4.69, 9.17) is 9.47 Å². The summed E-state index contributed by atoms with van der Waals surface area (Å²) in [4.78, 5) is 14.1. The van der Waals surface area contributed by atoms with Crippen molar-refractivity contribution in [3.63, 3.8) is 0 Å². The van der Waals surface area contributed by atoms with Crippen LogP contribution in [0.3, 0.4) is 0 Å². The van der Waals surface area contributed by atoms with Crippen LogP contribution >= 0.6 is 0 Å². The Labute approximate surface area is 165 Å². The Morgan fingerprint density at radius 1 is 1.14 bits per heavy atom. The number of amides is 1. The summed E-state index contributed by atoms with van der Waals surface area (Å²) in [7, 11) is 0. The van der Waals surface area contributed by atoms with Crippen molar-refractivity contribution in [3.8, 4) is 16.9 Å². The number of ether oxygens (including phenoxy) is 2. The predicted molar refractivity (Wildman–Crippen MR) is 106 cm³/mol. The monoisotopic (exact) mass is 381 g/mol. The number of carbonyl (C=O) groups excluding carboxylic acids is 1. The number of fused-ring (bicyclic) bond motifs is 1. The average Bonchev–Trinajstić information content (AvgIpc) is 3.11. The van der Waals surface area contributed by atoms with Gasteiger partial charge < -0.3 is 14.4 Å². The van der Waals surface area contributed by atoms with Crippen LogP contribution in [-0.4, -0.2) is 46.0 Å². The Bertz CT molecular complexity index is 840. The van der Waals surface area contributed by atoms with Crippen molar-refractivity contribution in [1.82, 2.24) is 15.1 Å². The highest BCUT2D eigenvalue weighted by molar-refractivity contribution is 5.68. The molecule has 0 radical (unpaired) electrons. The van der Waals surface area contributed by atoms with Gasteiger partial charge in [-0.25, -0.2) is 4.79 Å². The fourth-order valence-corrected chi connectivity index (χ4v) is 3.96. The lowest BCUT2D eigenvalue weighted by Gasteiger charge is -2.35. The van der Waals surface area contributed by atoms with E-state index in [9.17, 15) is 4.79 Å². The lowest BCUT2D eigenvalue weighted by Crippen LogP contribution is -2.44. The molecule has 0 aliphatic carbocycles. The van der Waals surface area contributed by atoms with E-state index < -0.39 is 5.60 Å². The topological polar surface area (TPSA) is 64.5 Å². The van der Waals surface area contributed by atoms with Crippen molar-refractivity contribution in [2.75, 3.05) is 13.1 Å². The fourth-order valence-electron chi connectivity index (χ4n) is 3.96. The highest BCUT2D eigenvalue weighted by Crippen LogP contribution is 2.37. The second-order valence-electron chi connectivity index (χ2n) is 8.62. The summed E-state index contributed by atoms with van der Waals surface area (Å²) < 4.78 is 11.7. The molecular weight excluding hydrogens is 354 g/mol. The van der Waals surface area contributed by atoms with Crippen LogP contribution in [0.1, 0.15) is 39.2 Å². The molecule has 1 amide bonds. The number of hydrogen-bond donors (Lipinski definition) is 0. The SMILES string of the molecule is CC(C)(C)OC(=O)N1CCC(C2Cc3cc(-c4ccnnc4)ccc3O2)CC1. The Morgan fingerprint density at radius 3 is 2.61 bits per heavy atom. The van der Waals surface area contributed by atoms with Crippen LogP contribution in [0.2, 0.25) is 0 Å². The lowest BCUT2D eigenvalue weighted by molar-refractivity contribution is 0.0123. The Hall–Kier alpha value is -2.63. The van der Waals surface area contributed by atoms with Gasteiger partial charge in [0.05, 0.1) is 12.4 Å². The maximum atomic E-state index is 12.3. The number of rotatable bonds is 2. The van der Waals surface area contributed by atoms with Crippen LogP contribution in [-0.2, 0) is 11.2 Å². The number of piperidine rings is 1. The van der Waals surface area contributed by atoms with E-state index in [1.165, 1.54) is 5.56 Å². The number of likely N-dealkylation sites (tertiary alicyclic amines) is 1. The van der Waals surface area contributed by atoms with E-state index in [-0.39, 0.29) is 12.2 Å². The van der Waals surface area contributed by atoms with Gasteiger partial charge in [-0.2, -0.15) is 10.2 Å². The molecule has 148 valence electrons. The maximum Gasteiger partial charge on any atom is 0.410 e. The molecule has 0 saturated carbocycles. The number of aromatic nitrogens is 2. The summed E-state index contributed by atoms with van der Waals surface area (Å²) in [5, 5.41) is 7.81. The molecule has 1 atom stereocenters. The van der Waals surface area contributed by atoms with E-state index in [2.05, 4.69) is 28.4 Å². The third kappa shape index (κ3) is 4.11. The Morgan fingerprint density at radius 2 is 1.93 bits per heavy atom. The van der Waals surface area contributed by atoms with Crippen molar-refractivity contribution < 1.29 is 14.3 Å². The second kappa shape index (κ2) is 7.41. The zero-order valence-corrected chi connectivity index (χ0v) is 16.7. The van der Waals surface area contributed by atoms with Crippen LogP contribution < -0.4 is 4.74 Å². The van der Waals surface area contributed by atoms with Crippen LogP contribution in [0.4, 0.5) is 4.79 Å². The summed E-state index contributed by atoms with van der Waals surface area (Å²) >= 11 is 0. The minimum Gasteiger partial charge on any atom is -0.490 e. The summed E-state index contributed by atoms with van der Waals surface area (Å²) in [5.74, 6) is 1.43. The highest BCUT2D eigenvalue weighted by atomic mass is 16.6.